The molecule has 16 heavy (non-hydrogen) atoms. The number of hydrogen-bond donors (Lipinski definition) is 1. The molecule has 0 aromatic heterocycles. The first kappa shape index (κ1) is 11.4. The van der Waals surface area contributed by atoms with Gasteiger partial charge in [-0.25, -0.2) is 5.32 Å². The first-order valence-corrected chi connectivity index (χ1v) is 6.03. The second kappa shape index (κ2) is 5.87. The lowest BCUT2D eigenvalue weighted by Gasteiger charge is -2.15. The molecule has 1 heterocycles. The van der Waals surface area contributed by atoms with Crippen LogP contribution in [-0.4, -0.2) is 19.7 Å². The summed E-state index contributed by atoms with van der Waals surface area (Å²) in [4.78, 5) is 0. The standard InChI is InChI=1S/C13H19N2O/c1-2-3-10-16-12-7-5-4-6-11(12)13-14-8-9-15-13/h4-7,13-14H,2-3,8-10H2,1H3. The largest absolute Gasteiger partial charge is 0.493 e. The van der Waals surface area contributed by atoms with Gasteiger partial charge < -0.3 is 4.74 Å². The van der Waals surface area contributed by atoms with Gasteiger partial charge in [0, 0.05) is 18.7 Å². The fraction of sp³-hybridized carbons (Fsp3) is 0.538. The lowest BCUT2D eigenvalue weighted by molar-refractivity contribution is 0.302. The molecule has 1 aliphatic rings. The van der Waals surface area contributed by atoms with Crippen LogP contribution in [0.4, 0.5) is 0 Å². The van der Waals surface area contributed by atoms with Gasteiger partial charge in [0.05, 0.1) is 6.61 Å². The van der Waals surface area contributed by atoms with Crippen LogP contribution >= 0.6 is 0 Å². The van der Waals surface area contributed by atoms with E-state index >= 15 is 0 Å². The van der Waals surface area contributed by atoms with Crippen molar-refractivity contribution >= 4 is 0 Å². The first-order valence-electron chi connectivity index (χ1n) is 6.03. The van der Waals surface area contributed by atoms with Crippen molar-refractivity contribution in [2.45, 2.75) is 25.9 Å². The number of unbranched alkanes of at least 4 members (excludes halogenated alkanes) is 1. The third-order valence-corrected chi connectivity index (χ3v) is 2.73. The molecule has 1 radical (unpaired) electrons. The maximum absolute atomic E-state index is 5.79. The monoisotopic (exact) mass is 219 g/mol. The van der Waals surface area contributed by atoms with Gasteiger partial charge in [-0.2, -0.15) is 0 Å². The van der Waals surface area contributed by atoms with Crippen molar-refractivity contribution in [2.75, 3.05) is 19.7 Å². The molecule has 2 rings (SSSR count). The maximum Gasteiger partial charge on any atom is 0.125 e. The topological polar surface area (TPSA) is 35.4 Å². The number of rotatable bonds is 5. The number of nitrogens with zero attached hydrogens (tertiary/aromatic N) is 1. The van der Waals surface area contributed by atoms with Gasteiger partial charge in [0.25, 0.3) is 0 Å². The highest BCUT2D eigenvalue weighted by molar-refractivity contribution is 5.36. The summed E-state index contributed by atoms with van der Waals surface area (Å²) in [7, 11) is 0. The summed E-state index contributed by atoms with van der Waals surface area (Å²) in [6.45, 7) is 4.82. The lowest BCUT2D eigenvalue weighted by Crippen LogP contribution is -2.18. The Hall–Kier alpha value is -1.06. The summed E-state index contributed by atoms with van der Waals surface area (Å²) in [5, 5.41) is 7.86. The maximum atomic E-state index is 5.79. The Morgan fingerprint density at radius 2 is 2.31 bits per heavy atom. The van der Waals surface area contributed by atoms with Crippen molar-refractivity contribution in [1.82, 2.24) is 10.6 Å². The highest BCUT2D eigenvalue weighted by Gasteiger charge is 2.19. The molecule has 1 fully saturated rings. The quantitative estimate of drug-likeness (QED) is 0.769. The van der Waals surface area contributed by atoms with E-state index in [4.69, 9.17) is 4.74 Å². The minimum Gasteiger partial charge on any atom is -0.493 e. The molecule has 0 saturated carbocycles. The average molecular weight is 219 g/mol. The van der Waals surface area contributed by atoms with Gasteiger partial charge in [-0.15, -0.1) is 0 Å². The molecule has 1 aliphatic heterocycles. The van der Waals surface area contributed by atoms with Crippen molar-refractivity contribution in [3.05, 3.63) is 29.8 Å². The Morgan fingerprint density at radius 3 is 3.06 bits per heavy atom. The van der Waals surface area contributed by atoms with E-state index in [1.54, 1.807) is 0 Å². The molecule has 1 N–H and O–H groups in total. The molecule has 1 aromatic rings. The molecule has 1 aromatic carbocycles. The normalized spacial score (nSPS) is 16.6. The Kier molecular flexibility index (Phi) is 4.19. The second-order valence-corrected chi connectivity index (χ2v) is 4.00. The van der Waals surface area contributed by atoms with Crippen LogP contribution in [0.1, 0.15) is 31.5 Å². The zero-order valence-corrected chi connectivity index (χ0v) is 9.78. The predicted octanol–water partition coefficient (Wildman–Crippen LogP) is 2.07. The molecule has 0 spiro atoms. The van der Waals surface area contributed by atoms with Crippen LogP contribution in [0.5, 0.6) is 5.75 Å². The van der Waals surface area contributed by atoms with Gasteiger partial charge in [0.1, 0.15) is 11.9 Å². The van der Waals surface area contributed by atoms with Gasteiger partial charge in [0.2, 0.25) is 0 Å². The molecule has 0 bridgehead atoms. The molecule has 1 saturated heterocycles. The van der Waals surface area contributed by atoms with Crippen molar-refractivity contribution in [3.63, 3.8) is 0 Å². The van der Waals surface area contributed by atoms with Crippen LogP contribution in [0, 0.1) is 0 Å². The van der Waals surface area contributed by atoms with E-state index in [2.05, 4.69) is 23.6 Å². The minimum absolute atomic E-state index is 0.123. The minimum atomic E-state index is 0.123. The lowest BCUT2D eigenvalue weighted by atomic mass is 10.1. The average Bonchev–Trinajstić information content (AvgIpc) is 2.83. The Labute approximate surface area is 97.2 Å². The van der Waals surface area contributed by atoms with E-state index in [1.165, 1.54) is 0 Å². The van der Waals surface area contributed by atoms with E-state index in [0.29, 0.717) is 0 Å². The van der Waals surface area contributed by atoms with Crippen LogP contribution in [0.25, 0.3) is 0 Å². The molecule has 1 unspecified atom stereocenters. The molecule has 0 aliphatic carbocycles. The van der Waals surface area contributed by atoms with Crippen LogP contribution in [0.3, 0.4) is 0 Å². The van der Waals surface area contributed by atoms with Gasteiger partial charge in [0.15, 0.2) is 0 Å². The SMILES string of the molecule is CCCCOc1ccccc1C1[N]CCN1. The van der Waals surface area contributed by atoms with E-state index in [9.17, 15) is 0 Å². The van der Waals surface area contributed by atoms with Gasteiger partial charge in [-0.3, -0.25) is 5.32 Å². The summed E-state index contributed by atoms with van der Waals surface area (Å²) >= 11 is 0. The van der Waals surface area contributed by atoms with Crippen molar-refractivity contribution in [3.8, 4) is 5.75 Å². The number of nitrogens with one attached hydrogen (secondary N) is 1. The number of hydrogen-bond acceptors (Lipinski definition) is 2. The fourth-order valence-electron chi connectivity index (χ4n) is 1.83. The van der Waals surface area contributed by atoms with Crippen LogP contribution in [-0.2, 0) is 0 Å². The molecular weight excluding hydrogens is 200 g/mol. The fourth-order valence-corrected chi connectivity index (χ4v) is 1.83. The molecule has 0 amide bonds. The van der Waals surface area contributed by atoms with E-state index in [-0.39, 0.29) is 6.17 Å². The van der Waals surface area contributed by atoms with Gasteiger partial charge in [-0.05, 0) is 12.5 Å². The van der Waals surface area contributed by atoms with Crippen molar-refractivity contribution in [2.24, 2.45) is 0 Å². The molecule has 3 heteroatoms. The third kappa shape index (κ3) is 2.74. The highest BCUT2D eigenvalue weighted by atomic mass is 16.5. The smallest absolute Gasteiger partial charge is 0.125 e. The van der Waals surface area contributed by atoms with Crippen LogP contribution in [0.2, 0.25) is 0 Å². The molecule has 3 nitrogen and oxygen atoms in total. The summed E-state index contributed by atoms with van der Waals surface area (Å²) in [5.74, 6) is 0.971. The van der Waals surface area contributed by atoms with E-state index in [1.807, 2.05) is 18.2 Å². The van der Waals surface area contributed by atoms with Crippen LogP contribution in [0.15, 0.2) is 24.3 Å². The third-order valence-electron chi connectivity index (χ3n) is 2.73. The Morgan fingerprint density at radius 1 is 1.44 bits per heavy atom. The zero-order valence-electron chi connectivity index (χ0n) is 9.78. The molecule has 87 valence electrons. The van der Waals surface area contributed by atoms with Gasteiger partial charge >= 0.3 is 0 Å². The number of para-hydroxylation sites is 1. The Balaban J connectivity index is 2.04. The first-order chi connectivity index (χ1) is 7.92. The predicted molar refractivity (Wildman–Crippen MR) is 64.6 cm³/mol. The van der Waals surface area contributed by atoms with E-state index in [0.717, 1.165) is 43.9 Å². The summed E-state index contributed by atoms with van der Waals surface area (Å²) in [5.41, 5.74) is 1.16. The van der Waals surface area contributed by atoms with Crippen molar-refractivity contribution in [1.29, 1.82) is 0 Å². The van der Waals surface area contributed by atoms with Crippen LogP contribution < -0.4 is 15.4 Å². The summed E-state index contributed by atoms with van der Waals surface area (Å²) < 4.78 is 5.79. The number of ether oxygens (including phenoxy) is 1. The summed E-state index contributed by atoms with van der Waals surface area (Å²) in [6, 6.07) is 8.17. The summed E-state index contributed by atoms with van der Waals surface area (Å²) in [6.07, 6.45) is 2.38. The van der Waals surface area contributed by atoms with Crippen molar-refractivity contribution < 1.29 is 4.74 Å². The zero-order chi connectivity index (χ0) is 11.2. The number of benzene rings is 1. The van der Waals surface area contributed by atoms with Gasteiger partial charge in [-0.1, -0.05) is 31.5 Å². The Bertz CT molecular complexity index is 321. The second-order valence-electron chi connectivity index (χ2n) is 4.00. The molecule has 1 atom stereocenters. The highest BCUT2D eigenvalue weighted by Crippen LogP contribution is 2.25. The molecular formula is C13H19N2O. The van der Waals surface area contributed by atoms with E-state index < -0.39 is 0 Å².